The molecule has 0 aliphatic heterocycles. The average molecular weight is 291 g/mol. The Labute approximate surface area is 124 Å². The number of hydrogen-bond donors (Lipinski definition) is 2. The number of carbonyl (C=O) groups is 2. The SMILES string of the molecule is CCNC(=O)/C(=C/C(=O)OC)Nc1ccc(N(C)C)cc1. The number of nitrogens with zero attached hydrogens (tertiary/aromatic N) is 1. The van der Waals surface area contributed by atoms with Crippen molar-refractivity contribution in [2.45, 2.75) is 6.92 Å². The summed E-state index contributed by atoms with van der Waals surface area (Å²) in [5, 5.41) is 5.56. The van der Waals surface area contributed by atoms with E-state index in [1.54, 1.807) is 6.92 Å². The van der Waals surface area contributed by atoms with Gasteiger partial charge in [-0.3, -0.25) is 4.79 Å². The Bertz CT molecular complexity index is 521. The summed E-state index contributed by atoms with van der Waals surface area (Å²) in [6.45, 7) is 2.28. The summed E-state index contributed by atoms with van der Waals surface area (Å²) >= 11 is 0. The Morgan fingerprint density at radius 2 is 1.86 bits per heavy atom. The van der Waals surface area contributed by atoms with Crippen molar-refractivity contribution in [3.8, 4) is 0 Å². The summed E-state index contributed by atoms with van der Waals surface area (Å²) in [5.74, 6) is -0.951. The molecule has 0 fully saturated rings. The first kappa shape index (κ1) is 16.6. The van der Waals surface area contributed by atoms with E-state index in [9.17, 15) is 9.59 Å². The van der Waals surface area contributed by atoms with Crippen molar-refractivity contribution < 1.29 is 14.3 Å². The molecule has 0 spiro atoms. The predicted molar refractivity (Wildman–Crippen MR) is 83.2 cm³/mol. The number of rotatable bonds is 6. The van der Waals surface area contributed by atoms with Gasteiger partial charge in [0.15, 0.2) is 0 Å². The van der Waals surface area contributed by atoms with E-state index in [0.29, 0.717) is 12.2 Å². The molecular weight excluding hydrogens is 270 g/mol. The molecular formula is C15H21N3O3. The molecule has 21 heavy (non-hydrogen) atoms. The van der Waals surface area contributed by atoms with E-state index in [1.165, 1.54) is 7.11 Å². The highest BCUT2D eigenvalue weighted by Gasteiger charge is 2.11. The summed E-state index contributed by atoms with van der Waals surface area (Å²) in [7, 11) is 5.15. The van der Waals surface area contributed by atoms with Gasteiger partial charge in [-0.2, -0.15) is 0 Å². The third-order valence-electron chi connectivity index (χ3n) is 2.71. The lowest BCUT2D eigenvalue weighted by atomic mass is 10.2. The fraction of sp³-hybridized carbons (Fsp3) is 0.333. The lowest BCUT2D eigenvalue weighted by Gasteiger charge is -2.14. The molecule has 0 radical (unpaired) electrons. The molecule has 6 heteroatoms. The van der Waals surface area contributed by atoms with E-state index in [0.717, 1.165) is 11.8 Å². The molecule has 0 saturated heterocycles. The number of likely N-dealkylation sites (N-methyl/N-ethyl adjacent to an activating group) is 1. The minimum absolute atomic E-state index is 0.140. The van der Waals surface area contributed by atoms with Gasteiger partial charge in [-0.1, -0.05) is 0 Å². The van der Waals surface area contributed by atoms with Gasteiger partial charge < -0.3 is 20.3 Å². The molecule has 2 N–H and O–H groups in total. The van der Waals surface area contributed by atoms with E-state index in [4.69, 9.17) is 0 Å². The minimum Gasteiger partial charge on any atom is -0.466 e. The number of methoxy groups -OCH3 is 1. The molecule has 0 heterocycles. The lowest BCUT2D eigenvalue weighted by Crippen LogP contribution is -2.28. The van der Waals surface area contributed by atoms with E-state index in [2.05, 4.69) is 15.4 Å². The van der Waals surface area contributed by atoms with Crippen LogP contribution in [0.15, 0.2) is 36.0 Å². The van der Waals surface area contributed by atoms with Crippen molar-refractivity contribution in [1.29, 1.82) is 0 Å². The quantitative estimate of drug-likeness (QED) is 0.611. The molecule has 0 unspecified atom stereocenters. The van der Waals surface area contributed by atoms with Crippen LogP contribution in [0.2, 0.25) is 0 Å². The second-order valence-electron chi connectivity index (χ2n) is 4.51. The third-order valence-corrected chi connectivity index (χ3v) is 2.71. The highest BCUT2D eigenvalue weighted by atomic mass is 16.5. The number of benzene rings is 1. The van der Waals surface area contributed by atoms with Crippen LogP contribution >= 0.6 is 0 Å². The van der Waals surface area contributed by atoms with Crippen molar-refractivity contribution in [2.75, 3.05) is 38.0 Å². The van der Waals surface area contributed by atoms with Gasteiger partial charge in [-0.25, -0.2) is 4.79 Å². The Morgan fingerprint density at radius 1 is 1.24 bits per heavy atom. The van der Waals surface area contributed by atoms with Gasteiger partial charge in [0.05, 0.1) is 13.2 Å². The van der Waals surface area contributed by atoms with Crippen LogP contribution < -0.4 is 15.5 Å². The first-order chi connectivity index (χ1) is 9.97. The van der Waals surface area contributed by atoms with Crippen LogP contribution in [-0.4, -0.2) is 39.6 Å². The number of esters is 1. The van der Waals surface area contributed by atoms with Gasteiger partial charge in [-0.05, 0) is 31.2 Å². The Morgan fingerprint density at radius 3 is 2.33 bits per heavy atom. The second-order valence-corrected chi connectivity index (χ2v) is 4.51. The monoisotopic (exact) mass is 291 g/mol. The maximum absolute atomic E-state index is 11.9. The maximum Gasteiger partial charge on any atom is 0.332 e. The zero-order valence-corrected chi connectivity index (χ0v) is 12.8. The van der Waals surface area contributed by atoms with Crippen LogP contribution in [0.5, 0.6) is 0 Å². The molecule has 0 aliphatic carbocycles. The topological polar surface area (TPSA) is 70.7 Å². The molecule has 1 aromatic carbocycles. The van der Waals surface area contributed by atoms with Crippen LogP contribution in [0.1, 0.15) is 6.92 Å². The van der Waals surface area contributed by atoms with Crippen LogP contribution in [0, 0.1) is 0 Å². The molecule has 114 valence electrons. The molecule has 0 aliphatic rings. The van der Waals surface area contributed by atoms with Gasteiger partial charge in [0.25, 0.3) is 5.91 Å². The Kier molecular flexibility index (Phi) is 6.26. The zero-order valence-electron chi connectivity index (χ0n) is 12.8. The molecule has 0 bridgehead atoms. The van der Waals surface area contributed by atoms with Crippen LogP contribution in [0.4, 0.5) is 11.4 Å². The van der Waals surface area contributed by atoms with Gasteiger partial charge in [0.1, 0.15) is 5.70 Å². The average Bonchev–Trinajstić information content (AvgIpc) is 2.47. The second kappa shape index (κ2) is 7.94. The molecule has 0 atom stereocenters. The lowest BCUT2D eigenvalue weighted by molar-refractivity contribution is -0.135. The summed E-state index contributed by atoms with van der Waals surface area (Å²) in [6.07, 6.45) is 1.13. The van der Waals surface area contributed by atoms with Crippen molar-refractivity contribution in [3.63, 3.8) is 0 Å². The van der Waals surface area contributed by atoms with Crippen LogP contribution in [0.3, 0.4) is 0 Å². The fourth-order valence-electron chi connectivity index (χ4n) is 1.59. The van der Waals surface area contributed by atoms with Crippen molar-refractivity contribution in [3.05, 3.63) is 36.0 Å². The van der Waals surface area contributed by atoms with Gasteiger partial charge in [-0.15, -0.1) is 0 Å². The first-order valence-corrected chi connectivity index (χ1v) is 6.60. The van der Waals surface area contributed by atoms with Crippen molar-refractivity contribution in [1.82, 2.24) is 5.32 Å². The zero-order chi connectivity index (χ0) is 15.8. The molecule has 1 aromatic rings. The minimum atomic E-state index is -0.589. The van der Waals surface area contributed by atoms with Crippen LogP contribution in [0.25, 0.3) is 0 Å². The highest BCUT2D eigenvalue weighted by molar-refractivity contribution is 6.01. The molecule has 6 nitrogen and oxygen atoms in total. The smallest absolute Gasteiger partial charge is 0.332 e. The van der Waals surface area contributed by atoms with Gasteiger partial charge in [0.2, 0.25) is 0 Å². The summed E-state index contributed by atoms with van der Waals surface area (Å²) in [6, 6.07) is 7.49. The van der Waals surface area contributed by atoms with Gasteiger partial charge in [0, 0.05) is 32.0 Å². The van der Waals surface area contributed by atoms with Crippen molar-refractivity contribution >= 4 is 23.3 Å². The largest absolute Gasteiger partial charge is 0.466 e. The number of carbonyl (C=O) groups excluding carboxylic acids is 2. The molecule has 0 saturated carbocycles. The molecule has 1 amide bonds. The highest BCUT2D eigenvalue weighted by Crippen LogP contribution is 2.17. The fourth-order valence-corrected chi connectivity index (χ4v) is 1.59. The van der Waals surface area contributed by atoms with E-state index in [-0.39, 0.29) is 11.6 Å². The first-order valence-electron chi connectivity index (χ1n) is 6.60. The predicted octanol–water partition coefficient (Wildman–Crippen LogP) is 1.36. The maximum atomic E-state index is 11.9. The van der Waals surface area contributed by atoms with E-state index < -0.39 is 5.97 Å². The Balaban J connectivity index is 2.92. The number of ether oxygens (including phenoxy) is 1. The third kappa shape index (κ3) is 5.18. The summed E-state index contributed by atoms with van der Waals surface area (Å²) in [4.78, 5) is 25.2. The Hall–Kier alpha value is -2.50. The molecule has 1 rings (SSSR count). The van der Waals surface area contributed by atoms with E-state index in [1.807, 2.05) is 43.3 Å². The van der Waals surface area contributed by atoms with Crippen molar-refractivity contribution in [2.24, 2.45) is 0 Å². The standard InChI is InChI=1S/C15H21N3O3/c1-5-16-15(20)13(10-14(19)21-4)17-11-6-8-12(9-7-11)18(2)3/h6-10,17H,5H2,1-4H3,(H,16,20)/b13-10-. The summed E-state index contributed by atoms with van der Waals surface area (Å²) in [5.41, 5.74) is 1.89. The van der Waals surface area contributed by atoms with Crippen LogP contribution in [-0.2, 0) is 14.3 Å². The number of amides is 1. The summed E-state index contributed by atoms with van der Waals surface area (Å²) < 4.78 is 4.56. The number of nitrogens with one attached hydrogen (secondary N) is 2. The number of anilines is 2. The number of hydrogen-bond acceptors (Lipinski definition) is 5. The van der Waals surface area contributed by atoms with E-state index >= 15 is 0 Å². The molecule has 0 aromatic heterocycles. The normalized spacial score (nSPS) is 10.8. The van der Waals surface area contributed by atoms with Gasteiger partial charge >= 0.3 is 5.97 Å².